The van der Waals surface area contributed by atoms with Crippen LogP contribution in [0.2, 0.25) is 0 Å². The van der Waals surface area contributed by atoms with E-state index in [0.29, 0.717) is 6.04 Å². The van der Waals surface area contributed by atoms with Gasteiger partial charge in [-0.1, -0.05) is 18.2 Å². The summed E-state index contributed by atoms with van der Waals surface area (Å²) in [6, 6.07) is 9.33. The van der Waals surface area contributed by atoms with Gasteiger partial charge in [0.25, 0.3) is 0 Å². The van der Waals surface area contributed by atoms with Gasteiger partial charge in [-0.2, -0.15) is 0 Å². The maximum atomic E-state index is 3.49. The number of nitrogens with zero attached hydrogens (tertiary/aromatic N) is 1. The molecule has 1 saturated heterocycles. The number of nitrogens with one attached hydrogen (secondary N) is 1. The quantitative estimate of drug-likeness (QED) is 0.910. The molecule has 98 valence electrons. The van der Waals surface area contributed by atoms with Crippen LogP contribution >= 0.6 is 23.7 Å². The number of piperazine rings is 1. The fraction of sp³-hybridized carbons (Fsp3) is 0.429. The second-order valence-corrected chi connectivity index (χ2v) is 5.76. The first-order chi connectivity index (χ1) is 8.33. The molecule has 0 aliphatic carbocycles. The van der Waals surface area contributed by atoms with Gasteiger partial charge in [-0.05, 0) is 29.3 Å². The van der Waals surface area contributed by atoms with Crippen LogP contribution < -0.4 is 5.32 Å². The molecule has 0 saturated carbocycles. The molecule has 2 nitrogen and oxygen atoms in total. The zero-order chi connectivity index (χ0) is 11.7. The van der Waals surface area contributed by atoms with Crippen LogP contribution in [0.15, 0.2) is 29.6 Å². The summed E-state index contributed by atoms with van der Waals surface area (Å²) in [6.07, 6.45) is 0. The third-order valence-electron chi connectivity index (χ3n) is 3.41. The van der Waals surface area contributed by atoms with Crippen molar-refractivity contribution >= 4 is 33.8 Å². The molecule has 2 aromatic rings. The van der Waals surface area contributed by atoms with Gasteiger partial charge in [-0.15, -0.1) is 23.7 Å². The fourth-order valence-electron chi connectivity index (χ4n) is 2.55. The van der Waals surface area contributed by atoms with Gasteiger partial charge in [0.05, 0.1) is 0 Å². The van der Waals surface area contributed by atoms with Crippen LogP contribution in [0, 0.1) is 0 Å². The lowest BCUT2D eigenvalue weighted by atomic mass is 10.1. The summed E-state index contributed by atoms with van der Waals surface area (Å²) >= 11 is 1.86. The molecule has 3 rings (SSSR count). The van der Waals surface area contributed by atoms with E-state index in [1.54, 1.807) is 0 Å². The Morgan fingerprint density at radius 3 is 3.06 bits per heavy atom. The molecular weight excluding hydrogens is 264 g/mol. The number of halogens is 1. The Labute approximate surface area is 118 Å². The van der Waals surface area contributed by atoms with E-state index in [0.717, 1.165) is 26.2 Å². The van der Waals surface area contributed by atoms with Crippen molar-refractivity contribution < 1.29 is 0 Å². The Kier molecular flexibility index (Phi) is 4.62. The smallest absolute Gasteiger partial charge is 0.0346 e. The number of hydrogen-bond acceptors (Lipinski definition) is 3. The van der Waals surface area contributed by atoms with Gasteiger partial charge in [0.2, 0.25) is 0 Å². The molecule has 0 radical (unpaired) electrons. The van der Waals surface area contributed by atoms with Crippen LogP contribution in [0.4, 0.5) is 0 Å². The first kappa shape index (κ1) is 13.8. The predicted molar refractivity (Wildman–Crippen MR) is 81.8 cm³/mol. The van der Waals surface area contributed by atoms with Crippen molar-refractivity contribution in [3.05, 3.63) is 35.2 Å². The van der Waals surface area contributed by atoms with Gasteiger partial charge in [0.15, 0.2) is 0 Å². The van der Waals surface area contributed by atoms with Crippen molar-refractivity contribution in [2.75, 3.05) is 19.6 Å². The van der Waals surface area contributed by atoms with E-state index in [1.807, 2.05) is 11.3 Å². The van der Waals surface area contributed by atoms with Gasteiger partial charge >= 0.3 is 0 Å². The second-order valence-electron chi connectivity index (χ2n) is 4.85. The highest BCUT2D eigenvalue weighted by Crippen LogP contribution is 2.26. The normalized spacial score (nSPS) is 20.8. The molecule has 1 aromatic heterocycles. The molecule has 1 atom stereocenters. The molecule has 18 heavy (non-hydrogen) atoms. The Hall–Kier alpha value is -0.610. The number of rotatable bonds is 2. The summed E-state index contributed by atoms with van der Waals surface area (Å²) in [4.78, 5) is 2.55. The molecule has 4 heteroatoms. The average Bonchev–Trinajstić information content (AvgIpc) is 2.73. The molecule has 0 amide bonds. The van der Waals surface area contributed by atoms with E-state index in [-0.39, 0.29) is 12.4 Å². The lowest BCUT2D eigenvalue weighted by Crippen LogP contribution is -2.48. The monoisotopic (exact) mass is 282 g/mol. The van der Waals surface area contributed by atoms with E-state index in [9.17, 15) is 0 Å². The summed E-state index contributed by atoms with van der Waals surface area (Å²) < 4.78 is 1.41. The van der Waals surface area contributed by atoms with Gasteiger partial charge in [-0.3, -0.25) is 4.90 Å². The number of fused-ring (bicyclic) bond motifs is 1. The first-order valence-corrected chi connectivity index (χ1v) is 7.12. The van der Waals surface area contributed by atoms with E-state index >= 15 is 0 Å². The maximum Gasteiger partial charge on any atom is 0.0346 e. The average molecular weight is 283 g/mol. The highest BCUT2D eigenvalue weighted by Gasteiger charge is 2.16. The number of hydrogen-bond donors (Lipinski definition) is 1. The molecule has 2 heterocycles. The largest absolute Gasteiger partial charge is 0.312 e. The van der Waals surface area contributed by atoms with Crippen LogP contribution in [0.3, 0.4) is 0 Å². The molecule has 1 aliphatic heterocycles. The second kappa shape index (κ2) is 6.02. The molecular formula is C14H19ClN2S. The highest BCUT2D eigenvalue weighted by atomic mass is 35.5. The minimum absolute atomic E-state index is 0. The summed E-state index contributed by atoms with van der Waals surface area (Å²) in [7, 11) is 0. The van der Waals surface area contributed by atoms with Gasteiger partial charge in [-0.25, -0.2) is 0 Å². The zero-order valence-electron chi connectivity index (χ0n) is 10.6. The predicted octanol–water partition coefficient (Wildman–Crippen LogP) is 3.12. The number of thiophene rings is 1. The minimum Gasteiger partial charge on any atom is -0.312 e. The lowest BCUT2D eigenvalue weighted by Gasteiger charge is -2.31. The molecule has 1 aromatic carbocycles. The molecule has 1 aliphatic rings. The SMILES string of the molecule is C[C@H]1CN(Cc2csc3ccccc23)CCN1.Cl. The fourth-order valence-corrected chi connectivity index (χ4v) is 3.51. The van der Waals surface area contributed by atoms with E-state index in [2.05, 4.69) is 46.8 Å². The van der Waals surface area contributed by atoms with Crippen molar-refractivity contribution in [3.8, 4) is 0 Å². The maximum absolute atomic E-state index is 3.49. The molecule has 1 fully saturated rings. The van der Waals surface area contributed by atoms with Crippen LogP contribution in [0.25, 0.3) is 10.1 Å². The summed E-state index contributed by atoms with van der Waals surface area (Å²) in [5, 5.41) is 7.24. The van der Waals surface area contributed by atoms with E-state index in [4.69, 9.17) is 0 Å². The Balaban J connectivity index is 0.00000120. The summed E-state index contributed by atoms with van der Waals surface area (Å²) in [6.45, 7) is 6.79. The van der Waals surface area contributed by atoms with Crippen LogP contribution in [-0.2, 0) is 6.54 Å². The van der Waals surface area contributed by atoms with Crippen LogP contribution in [-0.4, -0.2) is 30.6 Å². The standard InChI is InChI=1S/C14H18N2S.ClH/c1-11-8-16(7-6-15-11)9-12-10-17-14-5-3-2-4-13(12)14;/h2-5,10-11,15H,6-9H2,1H3;1H/t11-;/m0./s1. The molecule has 0 spiro atoms. The van der Waals surface area contributed by atoms with Crippen molar-refractivity contribution in [2.24, 2.45) is 0 Å². The van der Waals surface area contributed by atoms with Gasteiger partial charge in [0.1, 0.15) is 0 Å². The van der Waals surface area contributed by atoms with Crippen molar-refractivity contribution in [2.45, 2.75) is 19.5 Å². The number of benzene rings is 1. The topological polar surface area (TPSA) is 15.3 Å². The third kappa shape index (κ3) is 2.86. The molecule has 1 N–H and O–H groups in total. The van der Waals surface area contributed by atoms with Gasteiger partial charge < -0.3 is 5.32 Å². The highest BCUT2D eigenvalue weighted by molar-refractivity contribution is 7.17. The van der Waals surface area contributed by atoms with Crippen LogP contribution in [0.1, 0.15) is 12.5 Å². The molecule has 0 bridgehead atoms. The minimum atomic E-state index is 0. The summed E-state index contributed by atoms with van der Waals surface area (Å²) in [5.41, 5.74) is 1.49. The van der Waals surface area contributed by atoms with E-state index < -0.39 is 0 Å². The Bertz CT molecular complexity index is 511. The zero-order valence-corrected chi connectivity index (χ0v) is 12.2. The van der Waals surface area contributed by atoms with Gasteiger partial charge in [0, 0.05) is 36.9 Å². The Morgan fingerprint density at radius 1 is 1.39 bits per heavy atom. The molecule has 0 unspecified atom stereocenters. The summed E-state index contributed by atoms with van der Waals surface area (Å²) in [5.74, 6) is 0. The van der Waals surface area contributed by atoms with E-state index in [1.165, 1.54) is 15.6 Å². The first-order valence-electron chi connectivity index (χ1n) is 6.24. The van der Waals surface area contributed by atoms with Crippen molar-refractivity contribution in [1.29, 1.82) is 0 Å². The Morgan fingerprint density at radius 2 is 2.22 bits per heavy atom. The lowest BCUT2D eigenvalue weighted by molar-refractivity contribution is 0.200. The third-order valence-corrected chi connectivity index (χ3v) is 4.42. The van der Waals surface area contributed by atoms with Crippen molar-refractivity contribution in [3.63, 3.8) is 0 Å². The van der Waals surface area contributed by atoms with Crippen molar-refractivity contribution in [1.82, 2.24) is 10.2 Å². The van der Waals surface area contributed by atoms with Crippen LogP contribution in [0.5, 0.6) is 0 Å².